The van der Waals surface area contributed by atoms with Gasteiger partial charge in [0.25, 0.3) is 15.0 Å². The summed E-state index contributed by atoms with van der Waals surface area (Å²) in [5, 5.41) is 23.5. The van der Waals surface area contributed by atoms with E-state index in [9.17, 15) is 28.4 Å². The first-order chi connectivity index (χ1) is 11.0. The third-order valence-electron chi connectivity index (χ3n) is 4.51. The molecule has 11 heteroatoms. The second-order valence-electron chi connectivity index (χ2n) is 6.48. The highest BCUT2D eigenvalue weighted by atomic mass is 32.2. The third-order valence-corrected chi connectivity index (χ3v) is 6.30. The van der Waals surface area contributed by atoms with E-state index in [4.69, 9.17) is 0 Å². The molecular formula is C13H20N4O6S. The molecule has 0 bridgehead atoms. The molecule has 1 saturated heterocycles. The number of nitrogens with zero attached hydrogens (tertiary/aromatic N) is 4. The van der Waals surface area contributed by atoms with Gasteiger partial charge in [-0.2, -0.15) is 9.40 Å². The lowest BCUT2D eigenvalue weighted by Gasteiger charge is -2.38. The minimum Gasteiger partial charge on any atom is -0.481 e. The van der Waals surface area contributed by atoms with Crippen LogP contribution in [0, 0.1) is 21.4 Å². The van der Waals surface area contributed by atoms with Crippen LogP contribution >= 0.6 is 0 Å². The van der Waals surface area contributed by atoms with E-state index in [0.29, 0.717) is 12.8 Å². The van der Waals surface area contributed by atoms with Crippen molar-refractivity contribution >= 4 is 21.7 Å². The number of carbonyl (C=O) groups is 1. The molecule has 1 atom stereocenters. The highest BCUT2D eigenvalue weighted by molar-refractivity contribution is 7.89. The van der Waals surface area contributed by atoms with Crippen LogP contribution in [0.3, 0.4) is 0 Å². The molecule has 2 heterocycles. The molecule has 10 nitrogen and oxygen atoms in total. The predicted molar refractivity (Wildman–Crippen MR) is 82.8 cm³/mol. The Kier molecular flexibility index (Phi) is 4.68. The van der Waals surface area contributed by atoms with E-state index < -0.39 is 37.0 Å². The van der Waals surface area contributed by atoms with Gasteiger partial charge in [0.15, 0.2) is 0 Å². The van der Waals surface area contributed by atoms with E-state index in [-0.39, 0.29) is 19.0 Å². The predicted octanol–water partition coefficient (Wildman–Crippen LogP) is 0.840. The number of piperidine rings is 1. The summed E-state index contributed by atoms with van der Waals surface area (Å²) in [6, 6.07) is 0. The van der Waals surface area contributed by atoms with Gasteiger partial charge in [0.05, 0.1) is 10.3 Å². The Morgan fingerprint density at radius 2 is 2.12 bits per heavy atom. The van der Waals surface area contributed by atoms with Crippen LogP contribution in [-0.4, -0.2) is 51.6 Å². The maximum Gasteiger partial charge on any atom is 0.327 e. The fraction of sp³-hybridized carbons (Fsp3) is 0.692. The summed E-state index contributed by atoms with van der Waals surface area (Å²) in [6.07, 6.45) is 2.10. The Labute approximate surface area is 139 Å². The normalized spacial score (nSPS) is 20.0. The first-order valence-corrected chi connectivity index (χ1v) is 8.83. The maximum atomic E-state index is 12.8. The molecule has 1 aliphatic heterocycles. The molecule has 0 aromatic carbocycles. The zero-order valence-electron chi connectivity index (χ0n) is 13.7. The standard InChI is InChI=1S/C13H20N4O6S/c1-13(2,12(18)19)9-5-4-6-16(7-9)24(22,23)11-10(17(20)21)8-15(3)14-11/h8-9H,4-7H2,1-3H3,(H,18,19). The molecule has 134 valence electrons. The molecule has 0 saturated carbocycles. The van der Waals surface area contributed by atoms with Gasteiger partial charge in [-0.1, -0.05) is 0 Å². The third kappa shape index (κ3) is 3.13. The molecule has 0 radical (unpaired) electrons. The van der Waals surface area contributed by atoms with Crippen molar-refractivity contribution in [3.63, 3.8) is 0 Å². The summed E-state index contributed by atoms with van der Waals surface area (Å²) in [4.78, 5) is 21.7. The fourth-order valence-corrected chi connectivity index (χ4v) is 4.42. The lowest BCUT2D eigenvalue weighted by molar-refractivity contribution is -0.388. The molecule has 1 aromatic rings. The van der Waals surface area contributed by atoms with Gasteiger partial charge < -0.3 is 5.11 Å². The van der Waals surface area contributed by atoms with Gasteiger partial charge >= 0.3 is 11.7 Å². The fourth-order valence-electron chi connectivity index (χ4n) is 2.81. The molecule has 1 aromatic heterocycles. The second kappa shape index (κ2) is 6.13. The van der Waals surface area contributed by atoms with Crippen LogP contribution in [-0.2, 0) is 21.9 Å². The number of hydrogen-bond donors (Lipinski definition) is 1. The molecule has 24 heavy (non-hydrogen) atoms. The van der Waals surface area contributed by atoms with Gasteiger partial charge in [0.1, 0.15) is 6.20 Å². The monoisotopic (exact) mass is 360 g/mol. The Bertz CT molecular complexity index is 769. The molecule has 0 aliphatic carbocycles. The van der Waals surface area contributed by atoms with E-state index in [2.05, 4.69) is 5.10 Å². The molecule has 1 aliphatic rings. The molecule has 1 N–H and O–H groups in total. The summed E-state index contributed by atoms with van der Waals surface area (Å²) in [7, 11) is -2.77. The number of aromatic nitrogens is 2. The first kappa shape index (κ1) is 18.3. The lowest BCUT2D eigenvalue weighted by atomic mass is 9.75. The molecule has 0 spiro atoms. The quantitative estimate of drug-likeness (QED) is 0.607. The number of aliphatic carboxylic acids is 1. The van der Waals surface area contributed by atoms with Crippen LogP contribution < -0.4 is 0 Å². The van der Waals surface area contributed by atoms with Crippen molar-refractivity contribution in [1.82, 2.24) is 14.1 Å². The van der Waals surface area contributed by atoms with Gasteiger partial charge in [0, 0.05) is 20.1 Å². The molecule has 0 amide bonds. The van der Waals surface area contributed by atoms with Crippen molar-refractivity contribution in [3.05, 3.63) is 16.3 Å². The minimum atomic E-state index is -4.17. The van der Waals surface area contributed by atoms with Gasteiger partial charge in [-0.15, -0.1) is 0 Å². The van der Waals surface area contributed by atoms with E-state index in [0.717, 1.165) is 15.2 Å². The first-order valence-electron chi connectivity index (χ1n) is 7.39. The summed E-state index contributed by atoms with van der Waals surface area (Å²) < 4.78 is 27.7. The van der Waals surface area contributed by atoms with Crippen LogP contribution in [0.4, 0.5) is 5.69 Å². The Balaban J connectivity index is 2.37. The summed E-state index contributed by atoms with van der Waals surface area (Å²) in [6.45, 7) is 3.29. The number of aryl methyl sites for hydroxylation is 1. The number of nitro groups is 1. The molecule has 2 rings (SSSR count). The van der Waals surface area contributed by atoms with Gasteiger partial charge in [-0.05, 0) is 32.6 Å². The number of sulfonamides is 1. The van der Waals surface area contributed by atoms with Crippen molar-refractivity contribution in [2.75, 3.05) is 13.1 Å². The van der Waals surface area contributed by atoms with E-state index >= 15 is 0 Å². The van der Waals surface area contributed by atoms with Crippen molar-refractivity contribution in [2.45, 2.75) is 31.7 Å². The molecule has 1 fully saturated rings. The van der Waals surface area contributed by atoms with Crippen molar-refractivity contribution in [1.29, 1.82) is 0 Å². The number of hydrogen-bond acceptors (Lipinski definition) is 6. The smallest absolute Gasteiger partial charge is 0.327 e. The van der Waals surface area contributed by atoms with E-state index in [1.165, 1.54) is 7.05 Å². The topological polar surface area (TPSA) is 136 Å². The highest BCUT2D eigenvalue weighted by Crippen LogP contribution is 2.36. The van der Waals surface area contributed by atoms with E-state index in [1.54, 1.807) is 13.8 Å². The zero-order chi connectivity index (χ0) is 18.3. The van der Waals surface area contributed by atoms with E-state index in [1.807, 2.05) is 0 Å². The Morgan fingerprint density at radius 3 is 2.67 bits per heavy atom. The van der Waals surface area contributed by atoms with Crippen LogP contribution in [0.25, 0.3) is 0 Å². The molecule has 1 unspecified atom stereocenters. The van der Waals surface area contributed by atoms with Gasteiger partial charge in [0.2, 0.25) is 0 Å². The van der Waals surface area contributed by atoms with Crippen molar-refractivity contribution < 1.29 is 23.2 Å². The SMILES string of the molecule is Cn1cc([N+](=O)[O-])c(S(=O)(=O)N2CCCC(C(C)(C)C(=O)O)C2)n1. The average molecular weight is 360 g/mol. The largest absolute Gasteiger partial charge is 0.481 e. The number of carboxylic acid groups (broad SMARTS) is 1. The van der Waals surface area contributed by atoms with Gasteiger partial charge in [-0.3, -0.25) is 19.6 Å². The zero-order valence-corrected chi connectivity index (χ0v) is 14.5. The number of carboxylic acids is 1. The Hall–Kier alpha value is -2.01. The highest BCUT2D eigenvalue weighted by Gasteiger charge is 2.44. The maximum absolute atomic E-state index is 12.8. The van der Waals surface area contributed by atoms with Crippen molar-refractivity contribution in [3.8, 4) is 0 Å². The number of rotatable bonds is 5. The Morgan fingerprint density at radius 1 is 1.50 bits per heavy atom. The summed E-state index contributed by atoms with van der Waals surface area (Å²) in [5.74, 6) is -1.39. The minimum absolute atomic E-state index is 0.00460. The van der Waals surface area contributed by atoms with Crippen LogP contribution in [0.1, 0.15) is 26.7 Å². The van der Waals surface area contributed by atoms with Gasteiger partial charge in [-0.25, -0.2) is 8.42 Å². The van der Waals surface area contributed by atoms with Crippen LogP contribution in [0.2, 0.25) is 0 Å². The van der Waals surface area contributed by atoms with Crippen LogP contribution in [0.5, 0.6) is 0 Å². The summed E-state index contributed by atoms with van der Waals surface area (Å²) in [5.41, 5.74) is -1.68. The van der Waals surface area contributed by atoms with Crippen LogP contribution in [0.15, 0.2) is 11.2 Å². The average Bonchev–Trinajstić information content (AvgIpc) is 2.90. The second-order valence-corrected chi connectivity index (χ2v) is 8.33. The van der Waals surface area contributed by atoms with Crippen molar-refractivity contribution in [2.24, 2.45) is 18.4 Å². The lowest BCUT2D eigenvalue weighted by Crippen LogP contribution is -2.46. The molecular weight excluding hydrogens is 340 g/mol. The summed E-state index contributed by atoms with van der Waals surface area (Å²) >= 11 is 0.